The smallest absolute Gasteiger partial charge is 0.317 e. The van der Waals surface area contributed by atoms with E-state index in [0.29, 0.717) is 13.0 Å². The highest BCUT2D eigenvalue weighted by Crippen LogP contribution is 2.04. The molecular weight excluding hydrogens is 248 g/mol. The monoisotopic (exact) mass is 274 g/mol. The molecule has 0 aliphatic carbocycles. The van der Waals surface area contributed by atoms with Crippen molar-refractivity contribution in [3.63, 3.8) is 0 Å². The van der Waals surface area contributed by atoms with Gasteiger partial charge in [-0.1, -0.05) is 13.3 Å². The molecule has 0 aliphatic rings. The van der Waals surface area contributed by atoms with E-state index in [1.54, 1.807) is 11.9 Å². The number of carboxylic acid groups (broad SMARTS) is 1. The van der Waals surface area contributed by atoms with Crippen LogP contribution in [0.2, 0.25) is 0 Å². The zero-order valence-corrected chi connectivity index (χ0v) is 11.9. The Morgan fingerprint density at radius 1 is 1.26 bits per heavy atom. The van der Waals surface area contributed by atoms with Crippen LogP contribution >= 0.6 is 0 Å². The zero-order chi connectivity index (χ0) is 14.7. The summed E-state index contributed by atoms with van der Waals surface area (Å²) in [5.41, 5.74) is 0. The maximum absolute atomic E-state index is 11.8. The van der Waals surface area contributed by atoms with E-state index >= 15 is 0 Å². The van der Waals surface area contributed by atoms with Crippen molar-refractivity contribution in [1.29, 1.82) is 0 Å². The van der Waals surface area contributed by atoms with Gasteiger partial charge >= 0.3 is 12.0 Å². The average Bonchev–Trinajstić information content (AvgIpc) is 2.33. The number of nitrogens with zero attached hydrogens (tertiary/aromatic N) is 1. The number of carboxylic acids is 1. The molecule has 3 N–H and O–H groups in total. The SMILES string of the molecule is CCCC(CC(=O)O)NC(=O)N(C)CCCCCO. The van der Waals surface area contributed by atoms with E-state index in [4.69, 9.17) is 10.2 Å². The number of carbonyl (C=O) groups is 2. The number of unbranched alkanes of at least 4 members (excludes halogenated alkanes) is 2. The fraction of sp³-hybridized carbons (Fsp3) is 0.846. The Bertz CT molecular complexity index is 271. The van der Waals surface area contributed by atoms with Crippen LogP contribution in [0.3, 0.4) is 0 Å². The van der Waals surface area contributed by atoms with Gasteiger partial charge < -0.3 is 20.4 Å². The number of amides is 2. The number of urea groups is 1. The Balaban J connectivity index is 4.04. The first-order valence-electron chi connectivity index (χ1n) is 6.85. The third-order valence-corrected chi connectivity index (χ3v) is 2.88. The van der Waals surface area contributed by atoms with Crippen molar-refractivity contribution in [2.45, 2.75) is 51.5 Å². The van der Waals surface area contributed by atoms with E-state index in [1.807, 2.05) is 6.92 Å². The van der Waals surface area contributed by atoms with Gasteiger partial charge in [-0.25, -0.2) is 4.79 Å². The van der Waals surface area contributed by atoms with Crippen molar-refractivity contribution in [2.24, 2.45) is 0 Å². The molecule has 0 rings (SSSR count). The lowest BCUT2D eigenvalue weighted by Crippen LogP contribution is -2.44. The molecule has 6 heteroatoms. The van der Waals surface area contributed by atoms with Crippen molar-refractivity contribution in [2.75, 3.05) is 20.2 Å². The minimum absolute atomic E-state index is 0.0437. The molecule has 1 unspecified atom stereocenters. The lowest BCUT2D eigenvalue weighted by Gasteiger charge is -2.22. The van der Waals surface area contributed by atoms with Gasteiger partial charge in [0.25, 0.3) is 0 Å². The molecule has 0 aromatic heterocycles. The molecule has 0 bridgehead atoms. The predicted octanol–water partition coefficient (Wildman–Crippen LogP) is 1.43. The van der Waals surface area contributed by atoms with Gasteiger partial charge in [0.1, 0.15) is 0 Å². The van der Waals surface area contributed by atoms with Crippen LogP contribution in [0.1, 0.15) is 45.4 Å². The maximum atomic E-state index is 11.8. The van der Waals surface area contributed by atoms with E-state index < -0.39 is 5.97 Å². The number of rotatable bonds is 10. The molecule has 0 aromatic rings. The minimum Gasteiger partial charge on any atom is -0.481 e. The van der Waals surface area contributed by atoms with Crippen LogP contribution in [0, 0.1) is 0 Å². The molecule has 1 atom stereocenters. The van der Waals surface area contributed by atoms with E-state index in [9.17, 15) is 9.59 Å². The molecule has 0 fully saturated rings. The molecule has 2 amide bonds. The number of aliphatic carboxylic acids is 1. The molecular formula is C13H26N2O4. The minimum atomic E-state index is -0.899. The topological polar surface area (TPSA) is 89.9 Å². The van der Waals surface area contributed by atoms with Gasteiger partial charge in [-0.2, -0.15) is 0 Å². The van der Waals surface area contributed by atoms with Crippen molar-refractivity contribution < 1.29 is 19.8 Å². The summed E-state index contributed by atoms with van der Waals surface area (Å²) in [6, 6.07) is -0.543. The number of carbonyl (C=O) groups excluding carboxylic acids is 1. The Hall–Kier alpha value is -1.30. The van der Waals surface area contributed by atoms with Crippen molar-refractivity contribution in [3.05, 3.63) is 0 Å². The highest BCUT2D eigenvalue weighted by atomic mass is 16.4. The van der Waals surface area contributed by atoms with Crippen LogP contribution in [0.5, 0.6) is 0 Å². The quantitative estimate of drug-likeness (QED) is 0.526. The molecule has 112 valence electrons. The van der Waals surface area contributed by atoms with E-state index in [-0.39, 0.29) is 25.1 Å². The van der Waals surface area contributed by atoms with Crippen LogP contribution in [0.4, 0.5) is 4.79 Å². The summed E-state index contributed by atoms with van der Waals surface area (Å²) in [6.45, 7) is 2.74. The van der Waals surface area contributed by atoms with Crippen molar-refractivity contribution in [3.8, 4) is 0 Å². The second-order valence-electron chi connectivity index (χ2n) is 4.74. The fourth-order valence-electron chi connectivity index (χ4n) is 1.81. The Kier molecular flexibility index (Phi) is 9.88. The van der Waals surface area contributed by atoms with Crippen LogP contribution in [0.25, 0.3) is 0 Å². The zero-order valence-electron chi connectivity index (χ0n) is 11.9. The van der Waals surface area contributed by atoms with Crippen LogP contribution in [0.15, 0.2) is 0 Å². The van der Waals surface area contributed by atoms with Crippen molar-refractivity contribution >= 4 is 12.0 Å². The maximum Gasteiger partial charge on any atom is 0.317 e. The molecule has 0 aromatic carbocycles. The Morgan fingerprint density at radius 3 is 2.47 bits per heavy atom. The van der Waals surface area contributed by atoms with Crippen LogP contribution in [-0.2, 0) is 4.79 Å². The molecule has 0 saturated heterocycles. The molecule has 0 radical (unpaired) electrons. The molecule has 0 saturated carbocycles. The third-order valence-electron chi connectivity index (χ3n) is 2.88. The van der Waals surface area contributed by atoms with Gasteiger partial charge in [-0.05, 0) is 25.7 Å². The lowest BCUT2D eigenvalue weighted by atomic mass is 10.1. The van der Waals surface area contributed by atoms with E-state index in [1.165, 1.54) is 0 Å². The van der Waals surface area contributed by atoms with Gasteiger partial charge in [0.2, 0.25) is 0 Å². The highest BCUT2D eigenvalue weighted by molar-refractivity contribution is 5.75. The number of aliphatic hydroxyl groups excluding tert-OH is 1. The number of aliphatic hydroxyl groups is 1. The first kappa shape index (κ1) is 17.7. The summed E-state index contributed by atoms with van der Waals surface area (Å²) in [5, 5.41) is 20.2. The third kappa shape index (κ3) is 9.30. The summed E-state index contributed by atoms with van der Waals surface area (Å²) in [6.07, 6.45) is 3.91. The summed E-state index contributed by atoms with van der Waals surface area (Å²) in [4.78, 5) is 24.1. The van der Waals surface area contributed by atoms with Crippen LogP contribution in [-0.4, -0.2) is 53.4 Å². The summed E-state index contributed by atoms with van der Waals surface area (Å²) in [5.74, 6) is -0.899. The number of nitrogens with one attached hydrogen (secondary N) is 1. The first-order chi connectivity index (χ1) is 9.01. The highest BCUT2D eigenvalue weighted by Gasteiger charge is 2.17. The number of hydrogen-bond acceptors (Lipinski definition) is 3. The largest absolute Gasteiger partial charge is 0.481 e. The Labute approximate surface area is 114 Å². The van der Waals surface area contributed by atoms with Gasteiger partial charge in [0.05, 0.1) is 6.42 Å². The normalized spacial score (nSPS) is 11.9. The fourth-order valence-corrected chi connectivity index (χ4v) is 1.81. The van der Waals surface area contributed by atoms with Gasteiger partial charge in [0, 0.05) is 26.2 Å². The van der Waals surface area contributed by atoms with Gasteiger partial charge in [-0.15, -0.1) is 0 Å². The second kappa shape index (κ2) is 10.6. The van der Waals surface area contributed by atoms with E-state index in [0.717, 1.165) is 25.7 Å². The summed E-state index contributed by atoms with van der Waals surface area (Å²) >= 11 is 0. The summed E-state index contributed by atoms with van der Waals surface area (Å²) in [7, 11) is 1.69. The van der Waals surface area contributed by atoms with Crippen LogP contribution < -0.4 is 5.32 Å². The summed E-state index contributed by atoms with van der Waals surface area (Å²) < 4.78 is 0. The predicted molar refractivity (Wildman–Crippen MR) is 73.0 cm³/mol. The number of hydrogen-bond donors (Lipinski definition) is 3. The second-order valence-corrected chi connectivity index (χ2v) is 4.74. The van der Waals surface area contributed by atoms with E-state index in [2.05, 4.69) is 5.32 Å². The molecule has 0 aliphatic heterocycles. The molecule has 0 heterocycles. The lowest BCUT2D eigenvalue weighted by molar-refractivity contribution is -0.137. The standard InChI is InChI=1S/C13H26N2O4/c1-3-7-11(10-12(17)18)14-13(19)15(2)8-5-4-6-9-16/h11,16H,3-10H2,1-2H3,(H,14,19)(H,17,18). The van der Waals surface area contributed by atoms with Gasteiger partial charge in [0.15, 0.2) is 0 Å². The molecule has 0 spiro atoms. The van der Waals surface area contributed by atoms with Crippen molar-refractivity contribution in [1.82, 2.24) is 10.2 Å². The first-order valence-corrected chi connectivity index (χ1v) is 6.85. The van der Waals surface area contributed by atoms with Gasteiger partial charge in [-0.3, -0.25) is 4.79 Å². The Morgan fingerprint density at radius 2 is 1.95 bits per heavy atom. The average molecular weight is 274 g/mol. The molecule has 19 heavy (non-hydrogen) atoms. The molecule has 6 nitrogen and oxygen atoms in total.